The SMILES string of the molecule is CCSc1ccc(C(=O)c2ccc(C)nc2)cc1. The Hall–Kier alpha value is -1.61. The number of carbonyl (C=O) groups excluding carboxylic acids is 1. The highest BCUT2D eigenvalue weighted by Gasteiger charge is 2.08. The van der Waals surface area contributed by atoms with E-state index < -0.39 is 0 Å². The molecule has 1 aromatic heterocycles. The predicted molar refractivity (Wildman–Crippen MR) is 75.2 cm³/mol. The first-order valence-corrected chi connectivity index (χ1v) is 6.89. The van der Waals surface area contributed by atoms with Crippen LogP contribution in [-0.2, 0) is 0 Å². The molecule has 0 bridgehead atoms. The number of nitrogens with zero attached hydrogens (tertiary/aromatic N) is 1. The van der Waals surface area contributed by atoms with Gasteiger partial charge in [0.2, 0.25) is 0 Å². The van der Waals surface area contributed by atoms with Crippen molar-refractivity contribution in [3.63, 3.8) is 0 Å². The van der Waals surface area contributed by atoms with E-state index in [2.05, 4.69) is 11.9 Å². The number of carbonyl (C=O) groups is 1. The highest BCUT2D eigenvalue weighted by molar-refractivity contribution is 7.99. The monoisotopic (exact) mass is 257 g/mol. The molecule has 0 saturated heterocycles. The Morgan fingerprint density at radius 2 is 1.78 bits per heavy atom. The molecule has 18 heavy (non-hydrogen) atoms. The summed E-state index contributed by atoms with van der Waals surface area (Å²) in [5.41, 5.74) is 2.26. The minimum Gasteiger partial charge on any atom is -0.289 e. The average molecular weight is 257 g/mol. The largest absolute Gasteiger partial charge is 0.289 e. The Balaban J connectivity index is 2.20. The Kier molecular flexibility index (Phi) is 4.15. The Bertz CT molecular complexity index is 531. The lowest BCUT2D eigenvalue weighted by molar-refractivity contribution is 0.103. The van der Waals surface area contributed by atoms with Crippen molar-refractivity contribution in [1.82, 2.24) is 4.98 Å². The van der Waals surface area contributed by atoms with Gasteiger partial charge in [0.15, 0.2) is 5.78 Å². The van der Waals surface area contributed by atoms with Crippen molar-refractivity contribution in [2.75, 3.05) is 5.75 Å². The maximum Gasteiger partial charge on any atom is 0.194 e. The zero-order valence-electron chi connectivity index (χ0n) is 10.5. The van der Waals surface area contributed by atoms with Crippen LogP contribution in [0.3, 0.4) is 0 Å². The highest BCUT2D eigenvalue weighted by Crippen LogP contribution is 2.19. The van der Waals surface area contributed by atoms with Gasteiger partial charge >= 0.3 is 0 Å². The van der Waals surface area contributed by atoms with Gasteiger partial charge in [0.25, 0.3) is 0 Å². The van der Waals surface area contributed by atoms with Crippen LogP contribution >= 0.6 is 11.8 Å². The summed E-state index contributed by atoms with van der Waals surface area (Å²) < 4.78 is 0. The van der Waals surface area contributed by atoms with Crippen molar-refractivity contribution < 1.29 is 4.79 Å². The standard InChI is InChI=1S/C15H15NOS/c1-3-18-14-8-6-12(7-9-14)15(17)13-5-4-11(2)16-10-13/h4-10H,3H2,1-2H3. The molecule has 0 amide bonds. The number of aromatic nitrogens is 1. The second-order valence-electron chi connectivity index (χ2n) is 3.97. The van der Waals surface area contributed by atoms with E-state index in [1.807, 2.05) is 43.3 Å². The minimum absolute atomic E-state index is 0.0237. The molecular formula is C15H15NOS. The second-order valence-corrected chi connectivity index (χ2v) is 5.31. The van der Waals surface area contributed by atoms with Gasteiger partial charge in [0.1, 0.15) is 0 Å². The molecule has 0 atom stereocenters. The van der Waals surface area contributed by atoms with Gasteiger partial charge in [-0.3, -0.25) is 9.78 Å². The number of hydrogen-bond donors (Lipinski definition) is 0. The fourth-order valence-electron chi connectivity index (χ4n) is 1.64. The summed E-state index contributed by atoms with van der Waals surface area (Å²) in [5.74, 6) is 1.06. The molecule has 0 fully saturated rings. The maximum atomic E-state index is 12.2. The lowest BCUT2D eigenvalue weighted by atomic mass is 10.1. The maximum absolute atomic E-state index is 12.2. The molecule has 1 aromatic carbocycles. The van der Waals surface area contributed by atoms with Gasteiger partial charge < -0.3 is 0 Å². The molecule has 0 aliphatic rings. The van der Waals surface area contributed by atoms with Crippen molar-refractivity contribution in [3.05, 3.63) is 59.4 Å². The Morgan fingerprint density at radius 1 is 1.11 bits per heavy atom. The molecule has 0 N–H and O–H groups in total. The van der Waals surface area contributed by atoms with Gasteiger partial charge in [-0.1, -0.05) is 6.92 Å². The summed E-state index contributed by atoms with van der Waals surface area (Å²) in [7, 11) is 0. The van der Waals surface area contributed by atoms with E-state index in [0.29, 0.717) is 11.1 Å². The van der Waals surface area contributed by atoms with E-state index >= 15 is 0 Å². The molecule has 0 spiro atoms. The molecule has 0 radical (unpaired) electrons. The third kappa shape index (κ3) is 2.99. The first kappa shape index (κ1) is 12.8. The van der Waals surface area contributed by atoms with Crippen molar-refractivity contribution >= 4 is 17.5 Å². The second kappa shape index (κ2) is 5.83. The fourth-order valence-corrected chi connectivity index (χ4v) is 2.30. The molecular weight excluding hydrogens is 242 g/mol. The number of benzene rings is 1. The topological polar surface area (TPSA) is 30.0 Å². The summed E-state index contributed by atoms with van der Waals surface area (Å²) in [5, 5.41) is 0. The molecule has 1 heterocycles. The van der Waals surface area contributed by atoms with Gasteiger partial charge in [-0.05, 0) is 49.1 Å². The quantitative estimate of drug-likeness (QED) is 0.617. The smallest absolute Gasteiger partial charge is 0.194 e. The Labute approximate surface area is 111 Å². The van der Waals surface area contributed by atoms with Crippen LogP contribution in [0.15, 0.2) is 47.5 Å². The summed E-state index contributed by atoms with van der Waals surface area (Å²) in [4.78, 5) is 17.5. The minimum atomic E-state index is 0.0237. The van der Waals surface area contributed by atoms with Crippen LogP contribution in [0, 0.1) is 6.92 Å². The third-order valence-corrected chi connectivity index (χ3v) is 3.50. The number of aryl methyl sites for hydroxylation is 1. The van der Waals surface area contributed by atoms with E-state index in [4.69, 9.17) is 0 Å². The van der Waals surface area contributed by atoms with Gasteiger partial charge in [-0.15, -0.1) is 11.8 Å². The molecule has 0 aliphatic carbocycles. The number of pyridine rings is 1. The third-order valence-electron chi connectivity index (χ3n) is 2.60. The van der Waals surface area contributed by atoms with E-state index in [1.165, 1.54) is 4.90 Å². The van der Waals surface area contributed by atoms with Crippen LogP contribution in [0.4, 0.5) is 0 Å². The van der Waals surface area contributed by atoms with Crippen LogP contribution in [-0.4, -0.2) is 16.5 Å². The summed E-state index contributed by atoms with van der Waals surface area (Å²) >= 11 is 1.77. The summed E-state index contributed by atoms with van der Waals surface area (Å²) in [6.07, 6.45) is 1.63. The lowest BCUT2D eigenvalue weighted by Crippen LogP contribution is -2.01. The zero-order valence-corrected chi connectivity index (χ0v) is 11.3. The normalized spacial score (nSPS) is 10.3. The molecule has 2 rings (SSSR count). The average Bonchev–Trinajstić information content (AvgIpc) is 2.40. The van der Waals surface area contributed by atoms with Crippen molar-refractivity contribution in [1.29, 1.82) is 0 Å². The van der Waals surface area contributed by atoms with Gasteiger partial charge in [0.05, 0.1) is 0 Å². The van der Waals surface area contributed by atoms with E-state index in [1.54, 1.807) is 18.0 Å². The van der Waals surface area contributed by atoms with Crippen molar-refractivity contribution in [3.8, 4) is 0 Å². The van der Waals surface area contributed by atoms with E-state index in [-0.39, 0.29) is 5.78 Å². The van der Waals surface area contributed by atoms with Crippen LogP contribution in [0.2, 0.25) is 0 Å². The van der Waals surface area contributed by atoms with Crippen LogP contribution in [0.25, 0.3) is 0 Å². The fraction of sp³-hybridized carbons (Fsp3) is 0.200. The first-order chi connectivity index (χ1) is 8.70. The molecule has 2 aromatic rings. The van der Waals surface area contributed by atoms with Gasteiger partial charge in [-0.25, -0.2) is 0 Å². The molecule has 0 aliphatic heterocycles. The number of thioether (sulfide) groups is 1. The van der Waals surface area contributed by atoms with Crippen LogP contribution < -0.4 is 0 Å². The van der Waals surface area contributed by atoms with Crippen LogP contribution in [0.1, 0.15) is 28.5 Å². The van der Waals surface area contributed by atoms with Gasteiger partial charge in [0, 0.05) is 27.9 Å². The van der Waals surface area contributed by atoms with E-state index in [9.17, 15) is 4.79 Å². The number of ketones is 1. The molecule has 0 unspecified atom stereocenters. The zero-order chi connectivity index (χ0) is 13.0. The summed E-state index contributed by atoms with van der Waals surface area (Å²) in [6, 6.07) is 11.4. The van der Waals surface area contributed by atoms with Gasteiger partial charge in [-0.2, -0.15) is 0 Å². The summed E-state index contributed by atoms with van der Waals surface area (Å²) in [6.45, 7) is 4.02. The van der Waals surface area contributed by atoms with Crippen molar-refractivity contribution in [2.45, 2.75) is 18.7 Å². The lowest BCUT2D eigenvalue weighted by Gasteiger charge is -2.03. The first-order valence-electron chi connectivity index (χ1n) is 5.91. The Morgan fingerprint density at radius 3 is 2.33 bits per heavy atom. The highest BCUT2D eigenvalue weighted by atomic mass is 32.2. The van der Waals surface area contributed by atoms with Crippen molar-refractivity contribution in [2.24, 2.45) is 0 Å². The molecule has 0 saturated carbocycles. The predicted octanol–water partition coefficient (Wildman–Crippen LogP) is 3.73. The molecule has 92 valence electrons. The number of rotatable bonds is 4. The van der Waals surface area contributed by atoms with E-state index in [0.717, 1.165) is 11.4 Å². The molecule has 2 nitrogen and oxygen atoms in total. The number of hydrogen-bond acceptors (Lipinski definition) is 3. The molecule has 3 heteroatoms. The van der Waals surface area contributed by atoms with Crippen LogP contribution in [0.5, 0.6) is 0 Å².